The molecular formula is C14H18N2O2S2. The van der Waals surface area contributed by atoms with Gasteiger partial charge < -0.3 is 5.11 Å². The molecule has 0 fully saturated rings. The number of thiophene rings is 1. The molecule has 4 nitrogen and oxygen atoms in total. The van der Waals surface area contributed by atoms with Gasteiger partial charge in [-0.2, -0.15) is 0 Å². The topological polar surface area (TPSA) is 55.1 Å². The third-order valence-electron chi connectivity index (χ3n) is 2.81. The number of hydrogen-bond donors (Lipinski definition) is 1. The van der Waals surface area contributed by atoms with E-state index in [2.05, 4.69) is 11.6 Å². The van der Waals surface area contributed by atoms with Crippen LogP contribution in [0.2, 0.25) is 0 Å². The summed E-state index contributed by atoms with van der Waals surface area (Å²) >= 11 is 2.97. The molecule has 0 saturated heterocycles. The number of allylic oxidation sites excluding steroid dienone is 1. The molecule has 0 radical (unpaired) electrons. The van der Waals surface area contributed by atoms with Crippen molar-refractivity contribution in [3.8, 4) is 0 Å². The van der Waals surface area contributed by atoms with Gasteiger partial charge in [0.1, 0.15) is 4.83 Å². The Morgan fingerprint density at radius 2 is 2.35 bits per heavy atom. The molecule has 0 aliphatic carbocycles. The highest BCUT2D eigenvalue weighted by Gasteiger charge is 2.15. The summed E-state index contributed by atoms with van der Waals surface area (Å²) < 4.78 is 1.64. The molecule has 6 heteroatoms. The second-order valence-corrected chi connectivity index (χ2v) is 7.11. The molecule has 0 amide bonds. The average Bonchev–Trinajstić information content (AvgIpc) is 2.80. The van der Waals surface area contributed by atoms with Gasteiger partial charge in [-0.15, -0.1) is 17.9 Å². The monoisotopic (exact) mass is 310 g/mol. The molecule has 0 unspecified atom stereocenters. The lowest BCUT2D eigenvalue weighted by atomic mass is 10.1. The molecule has 20 heavy (non-hydrogen) atoms. The van der Waals surface area contributed by atoms with Crippen LogP contribution in [0.4, 0.5) is 0 Å². The van der Waals surface area contributed by atoms with Crippen LogP contribution in [0.25, 0.3) is 10.2 Å². The normalized spacial score (nSPS) is 11.9. The van der Waals surface area contributed by atoms with Gasteiger partial charge in [0, 0.05) is 12.3 Å². The van der Waals surface area contributed by atoms with Crippen LogP contribution in [0.5, 0.6) is 0 Å². The van der Waals surface area contributed by atoms with Crippen molar-refractivity contribution in [1.82, 2.24) is 9.55 Å². The lowest BCUT2D eigenvalue weighted by Gasteiger charge is -2.16. The first-order chi connectivity index (χ1) is 9.42. The van der Waals surface area contributed by atoms with Crippen LogP contribution in [0.3, 0.4) is 0 Å². The van der Waals surface area contributed by atoms with Crippen molar-refractivity contribution >= 4 is 33.3 Å². The molecule has 0 saturated carbocycles. The first-order valence-electron chi connectivity index (χ1n) is 6.36. The zero-order chi connectivity index (χ0) is 14.8. The highest BCUT2D eigenvalue weighted by Crippen LogP contribution is 2.23. The molecule has 2 aromatic rings. The minimum atomic E-state index is -0.705. The van der Waals surface area contributed by atoms with E-state index in [0.717, 1.165) is 4.83 Å². The zero-order valence-corrected chi connectivity index (χ0v) is 13.3. The number of rotatable bonds is 6. The first-order valence-corrected chi connectivity index (χ1v) is 8.23. The Balaban J connectivity index is 2.32. The third-order valence-corrected chi connectivity index (χ3v) is 4.59. The summed E-state index contributed by atoms with van der Waals surface area (Å²) in [7, 11) is 0. The second-order valence-electron chi connectivity index (χ2n) is 5.15. The SMILES string of the molecule is C=CCn1c(SCCC(C)(C)O)nc2sccc2c1=O. The van der Waals surface area contributed by atoms with Crippen molar-refractivity contribution in [3.05, 3.63) is 34.5 Å². The lowest BCUT2D eigenvalue weighted by Crippen LogP contribution is -2.23. The molecule has 0 aromatic carbocycles. The highest BCUT2D eigenvalue weighted by molar-refractivity contribution is 7.99. The molecule has 2 rings (SSSR count). The Labute approximate surface area is 126 Å². The number of thioether (sulfide) groups is 1. The fourth-order valence-corrected chi connectivity index (χ4v) is 3.79. The Morgan fingerprint density at radius 3 is 3.00 bits per heavy atom. The Bertz CT molecular complexity index is 668. The minimum absolute atomic E-state index is 0.0260. The van der Waals surface area contributed by atoms with Gasteiger partial charge in [-0.25, -0.2) is 4.98 Å². The van der Waals surface area contributed by atoms with E-state index in [1.54, 1.807) is 30.6 Å². The molecule has 0 aliphatic heterocycles. The summed E-state index contributed by atoms with van der Waals surface area (Å²) in [4.78, 5) is 17.7. The average molecular weight is 310 g/mol. The van der Waals surface area contributed by atoms with Crippen LogP contribution in [0.15, 0.2) is 34.1 Å². The maximum Gasteiger partial charge on any atom is 0.263 e. The van der Waals surface area contributed by atoms with Gasteiger partial charge in [0.15, 0.2) is 5.16 Å². The fourth-order valence-electron chi connectivity index (χ4n) is 1.72. The number of fused-ring (bicyclic) bond motifs is 1. The number of nitrogens with zero attached hydrogens (tertiary/aromatic N) is 2. The molecule has 0 aliphatic rings. The van der Waals surface area contributed by atoms with Crippen LogP contribution in [0, 0.1) is 0 Å². The van der Waals surface area contributed by atoms with E-state index in [-0.39, 0.29) is 5.56 Å². The molecule has 2 aromatic heterocycles. The van der Waals surface area contributed by atoms with Gasteiger partial charge in [-0.1, -0.05) is 17.8 Å². The Hall–Kier alpha value is -1.11. The summed E-state index contributed by atoms with van der Waals surface area (Å²) in [5.41, 5.74) is -0.731. The van der Waals surface area contributed by atoms with Gasteiger partial charge in [-0.05, 0) is 31.7 Å². The smallest absolute Gasteiger partial charge is 0.263 e. The van der Waals surface area contributed by atoms with Crippen LogP contribution in [0.1, 0.15) is 20.3 Å². The van der Waals surface area contributed by atoms with E-state index in [4.69, 9.17) is 0 Å². The van der Waals surface area contributed by atoms with Crippen molar-refractivity contribution in [2.45, 2.75) is 37.6 Å². The van der Waals surface area contributed by atoms with Crippen molar-refractivity contribution in [2.24, 2.45) is 0 Å². The second kappa shape index (κ2) is 6.11. The maximum absolute atomic E-state index is 12.4. The van der Waals surface area contributed by atoms with Gasteiger partial charge in [0.05, 0.1) is 11.0 Å². The lowest BCUT2D eigenvalue weighted by molar-refractivity contribution is 0.0777. The molecule has 1 N–H and O–H groups in total. The summed E-state index contributed by atoms with van der Waals surface area (Å²) in [6.07, 6.45) is 2.34. The quantitative estimate of drug-likeness (QED) is 0.506. The van der Waals surface area contributed by atoms with Crippen molar-refractivity contribution in [1.29, 1.82) is 0 Å². The zero-order valence-electron chi connectivity index (χ0n) is 11.6. The van der Waals surface area contributed by atoms with Crippen LogP contribution < -0.4 is 5.56 Å². The highest BCUT2D eigenvalue weighted by atomic mass is 32.2. The standard InChI is InChI=1S/C14H18N2O2S2/c1-4-7-16-12(17)10-5-8-19-11(10)15-13(16)20-9-6-14(2,3)18/h4-5,8,18H,1,6-7,9H2,2-3H3. The summed E-state index contributed by atoms with van der Waals surface area (Å²) in [6.45, 7) is 7.69. The molecule has 0 spiro atoms. The Kier molecular flexibility index (Phi) is 4.67. The van der Waals surface area contributed by atoms with E-state index >= 15 is 0 Å². The third kappa shape index (κ3) is 3.50. The van der Waals surface area contributed by atoms with Crippen molar-refractivity contribution in [3.63, 3.8) is 0 Å². The molecule has 2 heterocycles. The van der Waals surface area contributed by atoms with Crippen LogP contribution in [-0.4, -0.2) is 26.0 Å². The molecule has 0 atom stereocenters. The van der Waals surface area contributed by atoms with Crippen LogP contribution >= 0.6 is 23.1 Å². The van der Waals surface area contributed by atoms with Crippen molar-refractivity contribution < 1.29 is 5.11 Å². The molecule has 0 bridgehead atoms. The predicted molar refractivity (Wildman–Crippen MR) is 85.7 cm³/mol. The van der Waals surface area contributed by atoms with Crippen LogP contribution in [-0.2, 0) is 6.54 Å². The summed E-state index contributed by atoms with van der Waals surface area (Å²) in [5, 5.41) is 13.0. The molecule has 108 valence electrons. The van der Waals surface area contributed by atoms with Gasteiger partial charge >= 0.3 is 0 Å². The van der Waals surface area contributed by atoms with Gasteiger partial charge in [0.2, 0.25) is 0 Å². The first kappa shape index (κ1) is 15.3. The summed E-state index contributed by atoms with van der Waals surface area (Å²) in [6, 6.07) is 1.81. The van der Waals surface area contributed by atoms with E-state index in [0.29, 0.717) is 29.3 Å². The maximum atomic E-state index is 12.4. The van der Waals surface area contributed by atoms with E-state index in [1.807, 2.05) is 5.38 Å². The van der Waals surface area contributed by atoms with E-state index in [1.165, 1.54) is 23.1 Å². The number of aromatic nitrogens is 2. The molecular weight excluding hydrogens is 292 g/mol. The Morgan fingerprint density at radius 1 is 1.60 bits per heavy atom. The number of aliphatic hydroxyl groups is 1. The van der Waals surface area contributed by atoms with E-state index in [9.17, 15) is 9.90 Å². The number of hydrogen-bond acceptors (Lipinski definition) is 5. The van der Waals surface area contributed by atoms with Gasteiger partial charge in [-0.3, -0.25) is 9.36 Å². The van der Waals surface area contributed by atoms with Crippen molar-refractivity contribution in [2.75, 3.05) is 5.75 Å². The van der Waals surface area contributed by atoms with Gasteiger partial charge in [0.25, 0.3) is 5.56 Å². The predicted octanol–water partition coefficient (Wildman–Crippen LogP) is 2.90. The largest absolute Gasteiger partial charge is 0.390 e. The van der Waals surface area contributed by atoms with E-state index < -0.39 is 5.60 Å². The minimum Gasteiger partial charge on any atom is -0.390 e. The fraction of sp³-hybridized carbons (Fsp3) is 0.429. The summed E-state index contributed by atoms with van der Waals surface area (Å²) in [5.74, 6) is 0.712.